The predicted molar refractivity (Wildman–Crippen MR) is 117 cm³/mol. The van der Waals surface area contributed by atoms with Gasteiger partial charge in [0, 0.05) is 12.0 Å². The summed E-state index contributed by atoms with van der Waals surface area (Å²) in [4.78, 5) is 14.0. The number of hydrogen-bond donors (Lipinski definition) is 2. The number of carbonyl (C=O) groups excluding carboxylic acids is 1. The summed E-state index contributed by atoms with van der Waals surface area (Å²) in [6, 6.07) is 16.9. The molecule has 30 heavy (non-hydrogen) atoms. The molecule has 0 aliphatic carbocycles. The SMILES string of the molecule is Cc1cc(C)cc(-n2nnnc2SCC(=O)N[C@H]2CC[NH+](Cc3ccccc3)C2)c1. The first-order chi connectivity index (χ1) is 14.6. The number of carbonyl (C=O) groups is 1. The minimum absolute atomic E-state index is 0.0286. The summed E-state index contributed by atoms with van der Waals surface area (Å²) in [6.07, 6.45) is 1.01. The van der Waals surface area contributed by atoms with Gasteiger partial charge in [0.25, 0.3) is 0 Å². The van der Waals surface area contributed by atoms with Crippen LogP contribution in [-0.2, 0) is 11.3 Å². The minimum Gasteiger partial charge on any atom is -0.347 e. The van der Waals surface area contributed by atoms with Crippen LogP contribution in [0.5, 0.6) is 0 Å². The van der Waals surface area contributed by atoms with E-state index in [9.17, 15) is 4.79 Å². The van der Waals surface area contributed by atoms with Gasteiger partial charge in [-0.05, 0) is 47.5 Å². The lowest BCUT2D eigenvalue weighted by Crippen LogP contribution is -3.09. The topological polar surface area (TPSA) is 77.1 Å². The molecule has 0 saturated carbocycles. The average Bonchev–Trinajstić information content (AvgIpc) is 3.36. The molecule has 3 aromatic rings. The van der Waals surface area contributed by atoms with Gasteiger partial charge < -0.3 is 10.2 Å². The summed E-state index contributed by atoms with van der Waals surface area (Å²) < 4.78 is 1.69. The lowest BCUT2D eigenvalue weighted by Gasteiger charge is -2.14. The molecule has 1 aliphatic heterocycles. The number of amides is 1. The Morgan fingerprint density at radius 2 is 1.97 bits per heavy atom. The third kappa shape index (κ3) is 5.25. The molecular weight excluding hydrogens is 396 g/mol. The molecule has 1 saturated heterocycles. The van der Waals surface area contributed by atoms with Gasteiger partial charge in [-0.3, -0.25) is 4.79 Å². The zero-order chi connectivity index (χ0) is 20.9. The lowest BCUT2D eigenvalue weighted by molar-refractivity contribution is -0.901. The van der Waals surface area contributed by atoms with E-state index in [2.05, 4.69) is 51.2 Å². The van der Waals surface area contributed by atoms with Crippen molar-refractivity contribution in [2.45, 2.75) is 38.0 Å². The third-order valence-corrected chi connectivity index (χ3v) is 6.19. The number of rotatable bonds is 7. The number of quaternary nitrogens is 1. The molecule has 1 unspecified atom stereocenters. The number of likely N-dealkylation sites (tertiary alicyclic amines) is 1. The Morgan fingerprint density at radius 1 is 1.20 bits per heavy atom. The van der Waals surface area contributed by atoms with Crippen molar-refractivity contribution in [2.24, 2.45) is 0 Å². The van der Waals surface area contributed by atoms with Gasteiger partial charge in [0.2, 0.25) is 11.1 Å². The smallest absolute Gasteiger partial charge is 0.230 e. The summed E-state index contributed by atoms with van der Waals surface area (Å²) >= 11 is 1.36. The monoisotopic (exact) mass is 423 g/mol. The molecule has 2 atom stereocenters. The Kier molecular flexibility index (Phi) is 6.44. The number of hydrogen-bond acceptors (Lipinski definition) is 5. The standard InChI is InChI=1S/C22H26N6OS/c1-16-10-17(2)12-20(11-16)28-22(24-25-26-28)30-15-21(29)23-19-8-9-27(14-19)13-18-6-4-3-5-7-18/h3-7,10-12,19H,8-9,13-15H2,1-2H3,(H,23,29)/p+1/t19-/m0/s1. The Bertz CT molecular complexity index is 986. The Morgan fingerprint density at radius 3 is 2.73 bits per heavy atom. The van der Waals surface area contributed by atoms with Crippen molar-refractivity contribution >= 4 is 17.7 Å². The van der Waals surface area contributed by atoms with Gasteiger partial charge >= 0.3 is 0 Å². The van der Waals surface area contributed by atoms with Crippen molar-refractivity contribution in [3.63, 3.8) is 0 Å². The van der Waals surface area contributed by atoms with Gasteiger partial charge in [0.15, 0.2) is 0 Å². The Labute approximate surface area is 180 Å². The van der Waals surface area contributed by atoms with Crippen molar-refractivity contribution in [1.82, 2.24) is 25.5 Å². The van der Waals surface area contributed by atoms with Crippen LogP contribution in [0, 0.1) is 13.8 Å². The van der Waals surface area contributed by atoms with Crippen molar-refractivity contribution in [2.75, 3.05) is 18.8 Å². The maximum Gasteiger partial charge on any atom is 0.230 e. The molecule has 4 rings (SSSR count). The highest BCUT2D eigenvalue weighted by atomic mass is 32.2. The summed E-state index contributed by atoms with van der Waals surface area (Å²) in [5.41, 5.74) is 4.56. The first-order valence-corrected chi connectivity index (χ1v) is 11.2. The third-order valence-electron chi connectivity index (χ3n) is 5.27. The highest BCUT2D eigenvalue weighted by Crippen LogP contribution is 2.20. The van der Waals surface area contributed by atoms with Crippen molar-refractivity contribution in [1.29, 1.82) is 0 Å². The van der Waals surface area contributed by atoms with E-state index in [1.54, 1.807) is 4.68 Å². The second-order valence-electron chi connectivity index (χ2n) is 7.93. The molecule has 8 heteroatoms. The highest BCUT2D eigenvalue weighted by molar-refractivity contribution is 7.99. The second kappa shape index (κ2) is 9.40. The number of nitrogens with one attached hydrogen (secondary N) is 2. The van der Waals surface area contributed by atoms with E-state index in [1.807, 2.05) is 32.0 Å². The van der Waals surface area contributed by atoms with Crippen LogP contribution in [0.4, 0.5) is 0 Å². The Balaban J connectivity index is 1.28. The first kappa shape index (κ1) is 20.6. The molecule has 7 nitrogen and oxygen atoms in total. The maximum atomic E-state index is 12.5. The number of thioether (sulfide) groups is 1. The zero-order valence-electron chi connectivity index (χ0n) is 17.3. The fourth-order valence-electron chi connectivity index (χ4n) is 4.00. The van der Waals surface area contributed by atoms with E-state index in [0.29, 0.717) is 10.9 Å². The van der Waals surface area contributed by atoms with Gasteiger partial charge in [-0.15, -0.1) is 5.10 Å². The van der Waals surface area contributed by atoms with E-state index in [1.165, 1.54) is 22.2 Å². The van der Waals surface area contributed by atoms with Crippen molar-refractivity contribution < 1.29 is 9.69 Å². The van der Waals surface area contributed by atoms with Gasteiger partial charge in [-0.1, -0.05) is 48.2 Å². The van der Waals surface area contributed by atoms with Crippen molar-refractivity contribution in [3.8, 4) is 5.69 Å². The van der Waals surface area contributed by atoms with Gasteiger partial charge in [-0.25, -0.2) is 0 Å². The van der Waals surface area contributed by atoms with Crippen molar-refractivity contribution in [3.05, 3.63) is 65.2 Å². The van der Waals surface area contributed by atoms with E-state index in [0.717, 1.165) is 42.9 Å². The minimum atomic E-state index is 0.0286. The van der Waals surface area contributed by atoms with Crippen LogP contribution in [-0.4, -0.2) is 51.0 Å². The molecule has 1 amide bonds. The van der Waals surface area contributed by atoms with Gasteiger partial charge in [0.1, 0.15) is 6.54 Å². The number of benzene rings is 2. The van der Waals surface area contributed by atoms with Crippen LogP contribution in [0.2, 0.25) is 0 Å². The molecule has 2 N–H and O–H groups in total. The Hall–Kier alpha value is -2.71. The highest BCUT2D eigenvalue weighted by Gasteiger charge is 2.27. The van der Waals surface area contributed by atoms with Crippen LogP contribution in [0.25, 0.3) is 5.69 Å². The van der Waals surface area contributed by atoms with E-state index < -0.39 is 0 Å². The summed E-state index contributed by atoms with van der Waals surface area (Å²) in [7, 11) is 0. The largest absolute Gasteiger partial charge is 0.347 e. The number of tetrazole rings is 1. The molecule has 0 bridgehead atoms. The predicted octanol–water partition coefficient (Wildman–Crippen LogP) is 1.34. The van der Waals surface area contributed by atoms with Crippen LogP contribution in [0.3, 0.4) is 0 Å². The molecule has 0 radical (unpaired) electrons. The fourth-order valence-corrected chi connectivity index (χ4v) is 4.70. The molecular formula is C22H27N6OS+. The van der Waals surface area contributed by atoms with E-state index in [-0.39, 0.29) is 11.9 Å². The summed E-state index contributed by atoms with van der Waals surface area (Å²) in [6.45, 7) is 7.15. The molecule has 1 aliphatic rings. The van der Waals surface area contributed by atoms with E-state index >= 15 is 0 Å². The van der Waals surface area contributed by atoms with Crippen LogP contribution in [0.15, 0.2) is 53.7 Å². The summed E-state index contributed by atoms with van der Waals surface area (Å²) in [5, 5.41) is 15.8. The summed E-state index contributed by atoms with van der Waals surface area (Å²) in [5.74, 6) is 0.330. The molecule has 1 fully saturated rings. The normalized spacial score (nSPS) is 18.5. The number of nitrogens with zero attached hydrogens (tertiary/aromatic N) is 4. The molecule has 2 aromatic carbocycles. The lowest BCUT2D eigenvalue weighted by atomic mass is 10.1. The molecule has 156 valence electrons. The van der Waals surface area contributed by atoms with Crippen LogP contribution >= 0.6 is 11.8 Å². The van der Waals surface area contributed by atoms with E-state index in [4.69, 9.17) is 0 Å². The molecule has 2 heterocycles. The first-order valence-electron chi connectivity index (χ1n) is 10.2. The van der Waals surface area contributed by atoms with Crippen LogP contribution in [0.1, 0.15) is 23.1 Å². The number of aromatic nitrogens is 4. The second-order valence-corrected chi connectivity index (χ2v) is 8.87. The molecule has 1 aromatic heterocycles. The number of aryl methyl sites for hydroxylation is 2. The quantitative estimate of drug-likeness (QED) is 0.561. The van der Waals surface area contributed by atoms with Gasteiger partial charge in [-0.2, -0.15) is 4.68 Å². The average molecular weight is 424 g/mol. The van der Waals surface area contributed by atoms with Crippen LogP contribution < -0.4 is 10.2 Å². The maximum absolute atomic E-state index is 12.5. The zero-order valence-corrected chi connectivity index (χ0v) is 18.2. The van der Waals surface area contributed by atoms with Gasteiger partial charge in [0.05, 0.1) is 30.6 Å². The fraction of sp³-hybridized carbons (Fsp3) is 0.364. The molecule has 0 spiro atoms.